The van der Waals surface area contributed by atoms with Crippen molar-refractivity contribution in [2.75, 3.05) is 0 Å². The molecule has 0 saturated heterocycles. The highest BCUT2D eigenvalue weighted by Gasteiger charge is 2.28. The molecule has 2 aromatic rings. The van der Waals surface area contributed by atoms with E-state index in [1.54, 1.807) is 12.1 Å². The lowest BCUT2D eigenvalue weighted by molar-refractivity contribution is 0.157. The highest BCUT2D eigenvalue weighted by Crippen LogP contribution is 2.40. The van der Waals surface area contributed by atoms with Crippen LogP contribution in [0.5, 0.6) is 5.75 Å². The number of rotatable bonds is 1. The van der Waals surface area contributed by atoms with Gasteiger partial charge in [-0.1, -0.05) is 34.1 Å². The van der Waals surface area contributed by atoms with Crippen LogP contribution in [0.2, 0.25) is 0 Å². The van der Waals surface area contributed by atoms with E-state index in [-0.39, 0.29) is 18.0 Å². The van der Waals surface area contributed by atoms with Gasteiger partial charge in [0.1, 0.15) is 17.7 Å². The Bertz CT molecular complexity index is 617. The summed E-state index contributed by atoms with van der Waals surface area (Å²) in [6, 6.07) is 12.4. The van der Waals surface area contributed by atoms with Gasteiger partial charge in [-0.05, 0) is 24.3 Å². The molecule has 1 heterocycles. The molecule has 0 fully saturated rings. The van der Waals surface area contributed by atoms with Gasteiger partial charge >= 0.3 is 0 Å². The van der Waals surface area contributed by atoms with Crippen LogP contribution in [0.15, 0.2) is 46.9 Å². The zero-order valence-corrected chi connectivity index (χ0v) is 11.7. The summed E-state index contributed by atoms with van der Waals surface area (Å²) in [4.78, 5) is 0. The SMILES string of the molecule is NC1CC(c2cc(Br)ccc2F)Oc2ccccc21. The lowest BCUT2D eigenvalue weighted by Crippen LogP contribution is -2.24. The smallest absolute Gasteiger partial charge is 0.130 e. The Labute approximate surface area is 119 Å². The first-order chi connectivity index (χ1) is 9.15. The van der Waals surface area contributed by atoms with Crippen LogP contribution in [-0.2, 0) is 0 Å². The summed E-state index contributed by atoms with van der Waals surface area (Å²) in [6.45, 7) is 0. The molecule has 98 valence electrons. The molecule has 4 heteroatoms. The molecule has 0 aliphatic carbocycles. The highest BCUT2D eigenvalue weighted by atomic mass is 79.9. The van der Waals surface area contributed by atoms with Crippen LogP contribution in [0.1, 0.15) is 29.7 Å². The summed E-state index contributed by atoms with van der Waals surface area (Å²) in [7, 11) is 0. The number of benzene rings is 2. The second kappa shape index (κ2) is 4.94. The summed E-state index contributed by atoms with van der Waals surface area (Å²) >= 11 is 3.36. The van der Waals surface area contributed by atoms with E-state index in [1.807, 2.05) is 24.3 Å². The third-order valence-electron chi connectivity index (χ3n) is 3.36. The largest absolute Gasteiger partial charge is 0.485 e. The minimum absolute atomic E-state index is 0.131. The van der Waals surface area contributed by atoms with E-state index in [0.717, 1.165) is 15.8 Å². The molecule has 3 rings (SSSR count). The Morgan fingerprint density at radius 3 is 2.79 bits per heavy atom. The van der Waals surface area contributed by atoms with Crippen molar-refractivity contribution in [3.05, 3.63) is 63.9 Å². The molecule has 1 aliphatic heterocycles. The Balaban J connectivity index is 1.99. The quantitative estimate of drug-likeness (QED) is 0.857. The summed E-state index contributed by atoms with van der Waals surface area (Å²) < 4.78 is 20.6. The standard InChI is InChI=1S/C15H13BrFNO/c16-9-5-6-12(17)11(7-9)15-8-13(18)10-3-1-2-4-14(10)19-15/h1-7,13,15H,8,18H2. The monoisotopic (exact) mass is 321 g/mol. The molecule has 0 spiro atoms. The maximum atomic E-state index is 13.9. The Morgan fingerprint density at radius 1 is 1.16 bits per heavy atom. The third-order valence-corrected chi connectivity index (χ3v) is 3.85. The van der Waals surface area contributed by atoms with Gasteiger partial charge in [0.25, 0.3) is 0 Å². The van der Waals surface area contributed by atoms with Crippen molar-refractivity contribution in [3.8, 4) is 5.75 Å². The molecule has 0 bridgehead atoms. The molecule has 2 N–H and O–H groups in total. The van der Waals surface area contributed by atoms with Crippen LogP contribution in [0.4, 0.5) is 4.39 Å². The molecular weight excluding hydrogens is 309 g/mol. The molecule has 0 saturated carbocycles. The van der Waals surface area contributed by atoms with Gasteiger partial charge in [-0.2, -0.15) is 0 Å². The zero-order valence-electron chi connectivity index (χ0n) is 10.1. The topological polar surface area (TPSA) is 35.2 Å². The molecule has 2 aromatic carbocycles. The van der Waals surface area contributed by atoms with Crippen LogP contribution in [-0.4, -0.2) is 0 Å². The first-order valence-electron chi connectivity index (χ1n) is 6.11. The molecular formula is C15H13BrFNO. The second-order valence-corrected chi connectivity index (χ2v) is 5.57. The molecule has 2 unspecified atom stereocenters. The van der Waals surface area contributed by atoms with E-state index < -0.39 is 0 Å². The number of ether oxygens (including phenoxy) is 1. The van der Waals surface area contributed by atoms with E-state index in [1.165, 1.54) is 6.07 Å². The summed E-state index contributed by atoms with van der Waals surface area (Å²) in [6.07, 6.45) is 0.229. The number of fused-ring (bicyclic) bond motifs is 1. The van der Waals surface area contributed by atoms with Crippen molar-refractivity contribution >= 4 is 15.9 Å². The number of halogens is 2. The number of hydrogen-bond donors (Lipinski definition) is 1. The molecule has 0 radical (unpaired) electrons. The van der Waals surface area contributed by atoms with Crippen molar-refractivity contribution in [1.82, 2.24) is 0 Å². The Kier molecular flexibility index (Phi) is 3.29. The highest BCUT2D eigenvalue weighted by molar-refractivity contribution is 9.10. The number of hydrogen-bond acceptors (Lipinski definition) is 2. The summed E-state index contributed by atoms with van der Waals surface area (Å²) in [5, 5.41) is 0. The molecule has 19 heavy (non-hydrogen) atoms. The van der Waals surface area contributed by atoms with Gasteiger partial charge in [-0.3, -0.25) is 0 Å². The third kappa shape index (κ3) is 2.38. The van der Waals surface area contributed by atoms with Crippen molar-refractivity contribution in [3.63, 3.8) is 0 Å². The van der Waals surface area contributed by atoms with E-state index >= 15 is 0 Å². The fourth-order valence-corrected chi connectivity index (χ4v) is 2.78. The van der Waals surface area contributed by atoms with Crippen LogP contribution in [0, 0.1) is 5.82 Å². The normalized spacial score (nSPS) is 21.6. The van der Waals surface area contributed by atoms with E-state index in [4.69, 9.17) is 10.5 Å². The van der Waals surface area contributed by atoms with Crippen LogP contribution < -0.4 is 10.5 Å². The van der Waals surface area contributed by atoms with Crippen molar-refractivity contribution in [2.45, 2.75) is 18.6 Å². The summed E-state index contributed by atoms with van der Waals surface area (Å²) in [5.74, 6) is 0.477. The lowest BCUT2D eigenvalue weighted by atomic mass is 9.93. The maximum Gasteiger partial charge on any atom is 0.130 e. The molecule has 0 aromatic heterocycles. The molecule has 1 aliphatic rings. The van der Waals surface area contributed by atoms with Gasteiger partial charge < -0.3 is 10.5 Å². The Hall–Kier alpha value is -1.39. The van der Waals surface area contributed by atoms with Crippen molar-refractivity contribution in [2.24, 2.45) is 5.73 Å². The fraction of sp³-hybridized carbons (Fsp3) is 0.200. The first-order valence-corrected chi connectivity index (χ1v) is 6.90. The Morgan fingerprint density at radius 2 is 1.95 bits per heavy atom. The van der Waals surface area contributed by atoms with Crippen molar-refractivity contribution in [1.29, 1.82) is 0 Å². The minimum atomic E-state index is -0.345. The van der Waals surface area contributed by atoms with E-state index in [9.17, 15) is 4.39 Å². The van der Waals surface area contributed by atoms with E-state index in [0.29, 0.717) is 12.0 Å². The maximum absolute atomic E-state index is 13.9. The van der Waals surface area contributed by atoms with Crippen LogP contribution >= 0.6 is 15.9 Å². The number of para-hydroxylation sites is 1. The van der Waals surface area contributed by atoms with Gasteiger partial charge in [0.05, 0.1) is 0 Å². The molecule has 2 atom stereocenters. The van der Waals surface area contributed by atoms with Gasteiger partial charge in [0.15, 0.2) is 0 Å². The predicted molar refractivity (Wildman–Crippen MR) is 75.5 cm³/mol. The van der Waals surface area contributed by atoms with Crippen LogP contribution in [0.25, 0.3) is 0 Å². The van der Waals surface area contributed by atoms with Gasteiger partial charge in [0.2, 0.25) is 0 Å². The average molecular weight is 322 g/mol. The summed E-state index contributed by atoms with van der Waals surface area (Å²) in [5.41, 5.74) is 7.67. The predicted octanol–water partition coefficient (Wildman–Crippen LogP) is 4.11. The van der Waals surface area contributed by atoms with Crippen LogP contribution in [0.3, 0.4) is 0 Å². The van der Waals surface area contributed by atoms with E-state index in [2.05, 4.69) is 15.9 Å². The minimum Gasteiger partial charge on any atom is -0.485 e. The van der Waals surface area contributed by atoms with Crippen molar-refractivity contribution < 1.29 is 9.13 Å². The second-order valence-electron chi connectivity index (χ2n) is 4.65. The van der Waals surface area contributed by atoms with Gasteiger partial charge in [-0.25, -0.2) is 4.39 Å². The van der Waals surface area contributed by atoms with Gasteiger partial charge in [0, 0.05) is 28.1 Å². The van der Waals surface area contributed by atoms with Gasteiger partial charge in [-0.15, -0.1) is 0 Å². The fourth-order valence-electron chi connectivity index (χ4n) is 2.40. The molecule has 0 amide bonds. The zero-order chi connectivity index (χ0) is 13.4. The molecule has 2 nitrogen and oxygen atoms in total. The first kappa shape index (κ1) is 12.6. The average Bonchev–Trinajstić information content (AvgIpc) is 2.41. The lowest BCUT2D eigenvalue weighted by Gasteiger charge is -2.30. The number of nitrogens with two attached hydrogens (primary N) is 1.